The van der Waals surface area contributed by atoms with E-state index in [0.29, 0.717) is 37.1 Å². The topological polar surface area (TPSA) is 60.0 Å². The summed E-state index contributed by atoms with van der Waals surface area (Å²) in [4.78, 5) is 15.5. The Morgan fingerprint density at radius 2 is 1.77 bits per heavy atom. The van der Waals surface area contributed by atoms with Crippen LogP contribution < -0.4 is 19.5 Å². The lowest BCUT2D eigenvalue weighted by atomic mass is 10.0. The third-order valence-corrected chi connectivity index (χ3v) is 6.14. The van der Waals surface area contributed by atoms with Gasteiger partial charge in [-0.2, -0.15) is 0 Å². The molecule has 0 saturated carbocycles. The van der Waals surface area contributed by atoms with Gasteiger partial charge < -0.3 is 24.4 Å². The zero-order valence-electron chi connectivity index (χ0n) is 20.7. The summed E-state index contributed by atoms with van der Waals surface area (Å²) in [6.07, 6.45) is 0.822. The molecule has 0 fully saturated rings. The standard InChI is InChI=1S/C29H34N2O4/c1-21(2)15-24-19-35-28-14-7-5-9-22(28)17-30-27-13-6-4-10-23(27)18-31(24)29(32)20-34-26-12-8-11-25(16-26)33-3/h4-14,16,21,24,30H,15,17-20H2,1-3H3/t24-/m0/s1. The lowest BCUT2D eigenvalue weighted by Crippen LogP contribution is -2.46. The summed E-state index contributed by atoms with van der Waals surface area (Å²) in [5, 5.41) is 3.54. The lowest BCUT2D eigenvalue weighted by Gasteiger charge is -2.33. The zero-order chi connectivity index (χ0) is 24.6. The van der Waals surface area contributed by atoms with Gasteiger partial charge in [-0.15, -0.1) is 0 Å². The van der Waals surface area contributed by atoms with E-state index in [9.17, 15) is 4.79 Å². The minimum absolute atomic E-state index is 0.0616. The molecule has 0 spiro atoms. The Hall–Kier alpha value is -3.67. The molecule has 0 saturated heterocycles. The summed E-state index contributed by atoms with van der Waals surface area (Å²) in [5.41, 5.74) is 3.17. The number of carbonyl (C=O) groups excluding carboxylic acids is 1. The molecule has 1 atom stereocenters. The van der Waals surface area contributed by atoms with E-state index in [1.165, 1.54) is 0 Å². The average molecular weight is 475 g/mol. The van der Waals surface area contributed by atoms with Crippen LogP contribution in [0.4, 0.5) is 5.69 Å². The summed E-state index contributed by atoms with van der Waals surface area (Å²) in [5.74, 6) is 2.45. The predicted octanol–water partition coefficient (Wildman–Crippen LogP) is 5.52. The highest BCUT2D eigenvalue weighted by molar-refractivity contribution is 5.78. The molecule has 1 aliphatic heterocycles. The van der Waals surface area contributed by atoms with Crippen molar-refractivity contribution >= 4 is 11.6 Å². The largest absolute Gasteiger partial charge is 0.497 e. The van der Waals surface area contributed by atoms with E-state index in [4.69, 9.17) is 14.2 Å². The first-order valence-electron chi connectivity index (χ1n) is 12.1. The van der Waals surface area contributed by atoms with Crippen molar-refractivity contribution in [2.75, 3.05) is 25.6 Å². The number of benzene rings is 3. The fraction of sp³-hybridized carbons (Fsp3) is 0.345. The van der Waals surface area contributed by atoms with Crippen LogP contribution in [0.2, 0.25) is 0 Å². The molecule has 184 valence electrons. The Morgan fingerprint density at radius 1 is 1.03 bits per heavy atom. The third-order valence-electron chi connectivity index (χ3n) is 6.14. The Balaban J connectivity index is 1.63. The normalized spacial score (nSPS) is 15.7. The zero-order valence-corrected chi connectivity index (χ0v) is 20.7. The molecule has 6 heteroatoms. The molecule has 0 radical (unpaired) electrons. The maximum atomic E-state index is 13.6. The molecule has 1 heterocycles. The number of rotatable bonds is 6. The fourth-order valence-electron chi connectivity index (χ4n) is 4.35. The summed E-state index contributed by atoms with van der Waals surface area (Å²) in [7, 11) is 1.61. The molecule has 3 aromatic carbocycles. The SMILES string of the molecule is COc1cccc(OCC(=O)N2Cc3ccccc3NCc3ccccc3OC[C@@H]2CC(C)C)c1. The Kier molecular flexibility index (Phi) is 8.14. The van der Waals surface area contributed by atoms with Gasteiger partial charge in [0.05, 0.1) is 13.2 Å². The second-order valence-corrected chi connectivity index (χ2v) is 9.20. The molecule has 0 aliphatic carbocycles. The van der Waals surface area contributed by atoms with E-state index in [-0.39, 0.29) is 18.6 Å². The Morgan fingerprint density at radius 3 is 2.57 bits per heavy atom. The maximum absolute atomic E-state index is 13.6. The highest BCUT2D eigenvalue weighted by Crippen LogP contribution is 2.27. The van der Waals surface area contributed by atoms with Gasteiger partial charge in [-0.05, 0) is 42.2 Å². The molecule has 35 heavy (non-hydrogen) atoms. The van der Waals surface area contributed by atoms with Crippen LogP contribution in [-0.4, -0.2) is 37.2 Å². The number of fused-ring (bicyclic) bond motifs is 2. The minimum atomic E-state index is -0.101. The van der Waals surface area contributed by atoms with Crippen LogP contribution in [0.5, 0.6) is 17.2 Å². The van der Waals surface area contributed by atoms with E-state index >= 15 is 0 Å². The molecule has 3 aromatic rings. The lowest BCUT2D eigenvalue weighted by molar-refractivity contribution is -0.137. The molecular formula is C29H34N2O4. The first-order valence-corrected chi connectivity index (χ1v) is 12.1. The quantitative estimate of drug-likeness (QED) is 0.510. The number of hydrogen-bond donors (Lipinski definition) is 1. The van der Waals surface area contributed by atoms with Gasteiger partial charge in [0, 0.05) is 30.4 Å². The highest BCUT2D eigenvalue weighted by Gasteiger charge is 2.27. The predicted molar refractivity (Wildman–Crippen MR) is 138 cm³/mol. The number of nitrogens with zero attached hydrogens (tertiary/aromatic N) is 1. The van der Waals surface area contributed by atoms with Crippen LogP contribution in [0.3, 0.4) is 0 Å². The van der Waals surface area contributed by atoms with Crippen molar-refractivity contribution in [3.05, 3.63) is 83.9 Å². The highest BCUT2D eigenvalue weighted by atomic mass is 16.5. The number of methoxy groups -OCH3 is 1. The van der Waals surface area contributed by atoms with Gasteiger partial charge in [-0.3, -0.25) is 4.79 Å². The van der Waals surface area contributed by atoms with Gasteiger partial charge in [-0.25, -0.2) is 0 Å². The van der Waals surface area contributed by atoms with E-state index in [1.807, 2.05) is 53.4 Å². The Bertz CT molecular complexity index is 1130. The average Bonchev–Trinajstić information content (AvgIpc) is 2.90. The van der Waals surface area contributed by atoms with Crippen LogP contribution in [0.1, 0.15) is 31.4 Å². The van der Waals surface area contributed by atoms with Gasteiger partial charge in [0.1, 0.15) is 23.9 Å². The monoisotopic (exact) mass is 474 g/mol. The minimum Gasteiger partial charge on any atom is -0.497 e. The van der Waals surface area contributed by atoms with Crippen molar-refractivity contribution in [2.24, 2.45) is 5.92 Å². The van der Waals surface area contributed by atoms with Crippen LogP contribution in [0.25, 0.3) is 0 Å². The molecule has 0 bridgehead atoms. The fourth-order valence-corrected chi connectivity index (χ4v) is 4.35. The van der Waals surface area contributed by atoms with Crippen LogP contribution in [-0.2, 0) is 17.9 Å². The van der Waals surface area contributed by atoms with Crippen LogP contribution in [0, 0.1) is 5.92 Å². The molecule has 0 aromatic heterocycles. The number of ether oxygens (including phenoxy) is 3. The summed E-state index contributed by atoms with van der Waals surface area (Å²) in [6.45, 7) is 5.82. The summed E-state index contributed by atoms with van der Waals surface area (Å²) >= 11 is 0. The number of nitrogens with one attached hydrogen (secondary N) is 1. The third kappa shape index (κ3) is 6.47. The Labute approximate surface area is 207 Å². The van der Waals surface area contributed by atoms with Crippen LogP contribution in [0.15, 0.2) is 72.8 Å². The molecule has 1 amide bonds. The maximum Gasteiger partial charge on any atom is 0.261 e. The van der Waals surface area contributed by atoms with Crippen molar-refractivity contribution in [1.29, 1.82) is 0 Å². The molecule has 1 aliphatic rings. The van der Waals surface area contributed by atoms with Crippen molar-refractivity contribution in [1.82, 2.24) is 4.90 Å². The van der Waals surface area contributed by atoms with E-state index in [2.05, 4.69) is 37.4 Å². The smallest absolute Gasteiger partial charge is 0.261 e. The van der Waals surface area contributed by atoms with Crippen LogP contribution >= 0.6 is 0 Å². The van der Waals surface area contributed by atoms with E-state index < -0.39 is 0 Å². The molecular weight excluding hydrogens is 440 g/mol. The molecule has 6 nitrogen and oxygen atoms in total. The molecule has 1 N–H and O–H groups in total. The van der Waals surface area contributed by atoms with E-state index in [0.717, 1.165) is 29.0 Å². The molecule has 4 rings (SSSR count). The number of amides is 1. The van der Waals surface area contributed by atoms with Crippen molar-refractivity contribution in [3.63, 3.8) is 0 Å². The van der Waals surface area contributed by atoms with E-state index in [1.54, 1.807) is 13.2 Å². The number of anilines is 1. The van der Waals surface area contributed by atoms with Crippen molar-refractivity contribution < 1.29 is 19.0 Å². The second kappa shape index (κ2) is 11.6. The summed E-state index contributed by atoms with van der Waals surface area (Å²) in [6, 6.07) is 23.4. The number of hydrogen-bond acceptors (Lipinski definition) is 5. The van der Waals surface area contributed by atoms with Gasteiger partial charge in [0.25, 0.3) is 5.91 Å². The van der Waals surface area contributed by atoms with Crippen molar-refractivity contribution in [3.8, 4) is 17.2 Å². The molecule has 0 unspecified atom stereocenters. The first-order chi connectivity index (χ1) is 17.0. The van der Waals surface area contributed by atoms with Gasteiger partial charge in [-0.1, -0.05) is 56.3 Å². The van der Waals surface area contributed by atoms with Gasteiger partial charge in [0.15, 0.2) is 6.61 Å². The van der Waals surface area contributed by atoms with Crippen molar-refractivity contribution in [2.45, 2.75) is 39.4 Å². The number of para-hydroxylation sites is 2. The number of carbonyl (C=O) groups is 1. The summed E-state index contributed by atoms with van der Waals surface area (Å²) < 4.78 is 17.5. The first kappa shape index (κ1) is 24.5. The van der Waals surface area contributed by atoms with Gasteiger partial charge in [0.2, 0.25) is 0 Å². The van der Waals surface area contributed by atoms with Gasteiger partial charge >= 0.3 is 0 Å². The second-order valence-electron chi connectivity index (χ2n) is 9.20.